The number of hydrogen-bond acceptors (Lipinski definition) is 2. The molecule has 0 fully saturated rings. The fourth-order valence-corrected chi connectivity index (χ4v) is 2.50. The number of carboxylic acid groups (broad SMARTS) is 1. The molecule has 2 aromatic carbocycles. The molecule has 0 aromatic heterocycles. The van der Waals surface area contributed by atoms with Gasteiger partial charge in [-0.15, -0.1) is 0 Å². The molecule has 0 unspecified atom stereocenters. The van der Waals surface area contributed by atoms with Crippen molar-refractivity contribution < 1.29 is 9.90 Å². The molecule has 0 atom stereocenters. The first kappa shape index (κ1) is 17.2. The number of rotatable bonds is 6. The Hall–Kier alpha value is -2.13. The minimum atomic E-state index is -0.797. The molecule has 0 aliphatic carbocycles. The maximum atomic E-state index is 10.8. The van der Waals surface area contributed by atoms with Crippen LogP contribution in [-0.4, -0.2) is 11.1 Å². The molecule has 0 bridgehead atoms. The lowest BCUT2D eigenvalue weighted by Gasteiger charge is -2.19. The quantitative estimate of drug-likeness (QED) is 0.850. The Morgan fingerprint density at radius 3 is 2.17 bits per heavy atom. The molecule has 2 N–H and O–H groups in total. The molecule has 0 aliphatic rings. The predicted molar refractivity (Wildman–Crippen MR) is 93.5 cm³/mol. The van der Waals surface area contributed by atoms with Crippen molar-refractivity contribution in [2.75, 3.05) is 0 Å². The van der Waals surface area contributed by atoms with E-state index < -0.39 is 5.97 Å². The monoisotopic (exact) mass is 311 g/mol. The first-order valence-corrected chi connectivity index (χ1v) is 7.94. The maximum Gasteiger partial charge on any atom is 0.307 e. The number of nitrogens with one attached hydrogen (secondary N) is 1. The third-order valence-electron chi connectivity index (χ3n) is 3.82. The fraction of sp³-hybridized carbons (Fsp3) is 0.350. The first-order chi connectivity index (χ1) is 10.8. The molecule has 0 heterocycles. The van der Waals surface area contributed by atoms with Crippen molar-refractivity contribution in [2.24, 2.45) is 0 Å². The van der Waals surface area contributed by atoms with Crippen LogP contribution in [0.25, 0.3) is 0 Å². The van der Waals surface area contributed by atoms with Gasteiger partial charge in [-0.2, -0.15) is 0 Å². The normalized spacial score (nSPS) is 11.4. The lowest BCUT2D eigenvalue weighted by molar-refractivity contribution is -0.136. The minimum Gasteiger partial charge on any atom is -0.481 e. The molecule has 122 valence electrons. The molecule has 3 heteroatoms. The van der Waals surface area contributed by atoms with Crippen molar-refractivity contribution in [1.29, 1.82) is 0 Å². The molecule has 2 aromatic rings. The molecule has 0 radical (unpaired) electrons. The van der Waals surface area contributed by atoms with Gasteiger partial charge in [0.1, 0.15) is 0 Å². The van der Waals surface area contributed by atoms with Crippen LogP contribution in [0.3, 0.4) is 0 Å². The Balaban J connectivity index is 1.88. The number of carboxylic acids is 1. The van der Waals surface area contributed by atoms with Crippen LogP contribution >= 0.6 is 0 Å². The zero-order valence-electron chi connectivity index (χ0n) is 14.1. The Morgan fingerprint density at radius 2 is 1.57 bits per heavy atom. The number of benzene rings is 2. The van der Waals surface area contributed by atoms with Gasteiger partial charge in [-0.05, 0) is 27.7 Å². The summed E-state index contributed by atoms with van der Waals surface area (Å²) in [6.45, 7) is 8.17. The van der Waals surface area contributed by atoms with Gasteiger partial charge in [0.05, 0.1) is 6.42 Å². The molecule has 0 amide bonds. The lowest BCUT2D eigenvalue weighted by Crippen LogP contribution is -2.14. The minimum absolute atomic E-state index is 0.0715. The zero-order chi connectivity index (χ0) is 16.9. The summed E-state index contributed by atoms with van der Waals surface area (Å²) in [7, 11) is 0. The third kappa shape index (κ3) is 5.53. The second-order valence-corrected chi connectivity index (χ2v) is 6.94. The van der Waals surface area contributed by atoms with Gasteiger partial charge in [-0.1, -0.05) is 69.3 Å². The van der Waals surface area contributed by atoms with Crippen LogP contribution < -0.4 is 5.32 Å². The van der Waals surface area contributed by atoms with E-state index >= 15 is 0 Å². The van der Waals surface area contributed by atoms with E-state index in [1.165, 1.54) is 11.1 Å². The summed E-state index contributed by atoms with van der Waals surface area (Å²) in [6.07, 6.45) is 0.0715. The molecular formula is C20H25NO2. The summed E-state index contributed by atoms with van der Waals surface area (Å²) in [4.78, 5) is 10.8. The molecule has 0 aliphatic heterocycles. The molecule has 3 nitrogen and oxygen atoms in total. The van der Waals surface area contributed by atoms with E-state index in [0.29, 0.717) is 0 Å². The van der Waals surface area contributed by atoms with Crippen molar-refractivity contribution in [3.8, 4) is 0 Å². The summed E-state index contributed by atoms with van der Waals surface area (Å²) in [5.41, 5.74) is 4.71. The summed E-state index contributed by atoms with van der Waals surface area (Å²) >= 11 is 0. The largest absolute Gasteiger partial charge is 0.481 e. The highest BCUT2D eigenvalue weighted by atomic mass is 16.4. The second-order valence-electron chi connectivity index (χ2n) is 6.94. The van der Waals surface area contributed by atoms with Gasteiger partial charge in [0, 0.05) is 13.1 Å². The van der Waals surface area contributed by atoms with Gasteiger partial charge in [0.15, 0.2) is 0 Å². The fourth-order valence-electron chi connectivity index (χ4n) is 2.50. The Kier molecular flexibility index (Phi) is 5.56. The topological polar surface area (TPSA) is 49.3 Å². The van der Waals surface area contributed by atoms with Crippen LogP contribution in [0.5, 0.6) is 0 Å². The van der Waals surface area contributed by atoms with Crippen molar-refractivity contribution >= 4 is 5.97 Å². The average Bonchev–Trinajstić information content (AvgIpc) is 2.46. The van der Waals surface area contributed by atoms with Crippen LogP contribution in [0.15, 0.2) is 48.5 Å². The van der Waals surface area contributed by atoms with Gasteiger partial charge in [0.25, 0.3) is 0 Å². The molecule has 0 saturated carbocycles. The van der Waals surface area contributed by atoms with Crippen LogP contribution in [-0.2, 0) is 29.7 Å². The van der Waals surface area contributed by atoms with Crippen LogP contribution in [0.2, 0.25) is 0 Å². The smallest absolute Gasteiger partial charge is 0.307 e. The van der Waals surface area contributed by atoms with Gasteiger partial charge in [0.2, 0.25) is 0 Å². The Bertz CT molecular complexity index is 654. The lowest BCUT2D eigenvalue weighted by atomic mass is 9.87. The van der Waals surface area contributed by atoms with Gasteiger partial charge in [-0.25, -0.2) is 0 Å². The predicted octanol–water partition coefficient (Wildman–Crippen LogP) is 3.90. The molecule has 2 rings (SSSR count). The summed E-state index contributed by atoms with van der Waals surface area (Å²) in [5.74, 6) is -0.797. The molecule has 0 spiro atoms. The number of hydrogen-bond donors (Lipinski definition) is 2. The van der Waals surface area contributed by atoms with E-state index in [-0.39, 0.29) is 11.8 Å². The summed E-state index contributed by atoms with van der Waals surface area (Å²) in [6, 6.07) is 16.4. The highest BCUT2D eigenvalue weighted by Gasteiger charge is 2.12. The summed E-state index contributed by atoms with van der Waals surface area (Å²) in [5, 5.41) is 12.3. The third-order valence-corrected chi connectivity index (χ3v) is 3.82. The molecule has 0 saturated heterocycles. The average molecular weight is 311 g/mol. The highest BCUT2D eigenvalue weighted by Crippen LogP contribution is 2.22. The molecular weight excluding hydrogens is 286 g/mol. The van der Waals surface area contributed by atoms with E-state index in [0.717, 1.165) is 24.2 Å². The van der Waals surface area contributed by atoms with Crippen LogP contribution in [0.4, 0.5) is 0 Å². The SMILES string of the molecule is CC(C)(C)c1ccc(CNCc2cccc(CC(=O)O)c2)cc1. The van der Waals surface area contributed by atoms with Crippen molar-refractivity contribution in [1.82, 2.24) is 5.32 Å². The molecule has 23 heavy (non-hydrogen) atoms. The van der Waals surface area contributed by atoms with Gasteiger partial charge < -0.3 is 10.4 Å². The van der Waals surface area contributed by atoms with E-state index in [9.17, 15) is 4.79 Å². The highest BCUT2D eigenvalue weighted by molar-refractivity contribution is 5.70. The second kappa shape index (κ2) is 7.42. The number of aliphatic carboxylic acids is 1. The van der Waals surface area contributed by atoms with Crippen molar-refractivity contribution in [3.05, 3.63) is 70.8 Å². The van der Waals surface area contributed by atoms with Crippen LogP contribution in [0.1, 0.15) is 43.0 Å². The van der Waals surface area contributed by atoms with Crippen LogP contribution in [0, 0.1) is 0 Å². The van der Waals surface area contributed by atoms with Gasteiger partial charge >= 0.3 is 5.97 Å². The Labute approximate surface area is 138 Å². The van der Waals surface area contributed by atoms with E-state index in [4.69, 9.17) is 5.11 Å². The zero-order valence-corrected chi connectivity index (χ0v) is 14.1. The van der Waals surface area contributed by atoms with E-state index in [2.05, 4.69) is 50.4 Å². The number of carbonyl (C=O) groups is 1. The first-order valence-electron chi connectivity index (χ1n) is 7.94. The van der Waals surface area contributed by atoms with Crippen molar-refractivity contribution in [2.45, 2.75) is 45.7 Å². The van der Waals surface area contributed by atoms with Gasteiger partial charge in [-0.3, -0.25) is 4.79 Å². The van der Waals surface area contributed by atoms with Crippen molar-refractivity contribution in [3.63, 3.8) is 0 Å². The maximum absolute atomic E-state index is 10.8. The van der Waals surface area contributed by atoms with E-state index in [1.54, 1.807) is 0 Å². The standard InChI is InChI=1S/C20H25NO2/c1-20(2,3)18-9-7-15(8-10-18)13-21-14-17-6-4-5-16(11-17)12-19(22)23/h4-11,21H,12-14H2,1-3H3,(H,22,23). The summed E-state index contributed by atoms with van der Waals surface area (Å²) < 4.78 is 0. The Morgan fingerprint density at radius 1 is 0.957 bits per heavy atom. The van der Waals surface area contributed by atoms with E-state index in [1.807, 2.05) is 24.3 Å².